The summed E-state index contributed by atoms with van der Waals surface area (Å²) in [4.78, 5) is 34.0. The lowest BCUT2D eigenvalue weighted by Gasteiger charge is -2.11. The molecule has 4 N–H and O–H groups in total. The Morgan fingerprint density at radius 1 is 0.812 bits per heavy atom. The highest BCUT2D eigenvalue weighted by molar-refractivity contribution is 7.89. The number of fused-ring (bicyclic) bond motifs is 1. The summed E-state index contributed by atoms with van der Waals surface area (Å²) in [5.41, 5.74) is 6.88. The average molecular weight is 447 g/mol. The number of sulfonamides is 1. The van der Waals surface area contributed by atoms with E-state index in [4.69, 9.17) is 5.14 Å². The number of pyridine rings is 2. The van der Waals surface area contributed by atoms with Gasteiger partial charge >= 0.3 is 0 Å². The van der Waals surface area contributed by atoms with Gasteiger partial charge in [-0.05, 0) is 48.5 Å². The summed E-state index contributed by atoms with van der Waals surface area (Å²) in [7, 11) is -3.87. The fraction of sp³-hybridized carbons (Fsp3) is 0. The second-order valence-corrected chi connectivity index (χ2v) is 8.33. The van der Waals surface area contributed by atoms with Crippen molar-refractivity contribution in [2.45, 2.75) is 4.90 Å². The van der Waals surface area contributed by atoms with E-state index in [2.05, 4.69) is 20.8 Å². The third kappa shape index (κ3) is 4.46. The van der Waals surface area contributed by atoms with Crippen LogP contribution in [0.15, 0.2) is 83.9 Å². The summed E-state index contributed by atoms with van der Waals surface area (Å²) < 4.78 is 22.7. The molecule has 0 saturated heterocycles. The molecule has 2 heterocycles. The van der Waals surface area contributed by atoms with Gasteiger partial charge in [0, 0.05) is 17.1 Å². The van der Waals surface area contributed by atoms with Gasteiger partial charge in [-0.2, -0.15) is 0 Å². The maximum atomic E-state index is 12.9. The molecule has 0 atom stereocenters. The molecule has 4 rings (SSSR count). The van der Waals surface area contributed by atoms with Gasteiger partial charge in [0.25, 0.3) is 11.8 Å². The second kappa shape index (κ2) is 8.53. The molecule has 0 aliphatic heterocycles. The van der Waals surface area contributed by atoms with Crippen molar-refractivity contribution in [3.63, 3.8) is 0 Å². The molecular weight excluding hydrogens is 430 g/mol. The SMILES string of the molecule is NS(=O)(=O)c1ccc(C(=O)NNC(=O)c2cc(-c3ccccn3)nc3ccccc23)cc1. The predicted molar refractivity (Wildman–Crippen MR) is 118 cm³/mol. The van der Waals surface area contributed by atoms with Crippen LogP contribution < -0.4 is 16.0 Å². The van der Waals surface area contributed by atoms with Crippen LogP contribution in [-0.2, 0) is 10.0 Å². The van der Waals surface area contributed by atoms with E-state index in [1.807, 2.05) is 12.1 Å². The highest BCUT2D eigenvalue weighted by Crippen LogP contribution is 2.23. The number of amides is 2. The van der Waals surface area contributed by atoms with Crippen molar-refractivity contribution in [1.82, 2.24) is 20.8 Å². The minimum absolute atomic E-state index is 0.122. The Labute approximate surface area is 183 Å². The summed E-state index contributed by atoms with van der Waals surface area (Å²) in [6, 6.07) is 19.1. The fourth-order valence-corrected chi connectivity index (χ4v) is 3.57. The van der Waals surface area contributed by atoms with Crippen molar-refractivity contribution in [3.8, 4) is 11.4 Å². The molecule has 2 aromatic heterocycles. The minimum atomic E-state index is -3.87. The lowest BCUT2D eigenvalue weighted by atomic mass is 10.1. The van der Waals surface area contributed by atoms with Crippen LogP contribution in [0.3, 0.4) is 0 Å². The molecular formula is C22H17N5O4S. The number of para-hydroxylation sites is 1. The van der Waals surface area contributed by atoms with Gasteiger partial charge in [0.1, 0.15) is 0 Å². The Bertz CT molecular complexity index is 1420. The highest BCUT2D eigenvalue weighted by atomic mass is 32.2. The maximum absolute atomic E-state index is 12.9. The molecule has 160 valence electrons. The van der Waals surface area contributed by atoms with Crippen molar-refractivity contribution in [1.29, 1.82) is 0 Å². The highest BCUT2D eigenvalue weighted by Gasteiger charge is 2.16. The number of rotatable bonds is 4. The lowest BCUT2D eigenvalue weighted by molar-refractivity contribution is 0.0847. The molecule has 4 aromatic rings. The number of nitrogens with two attached hydrogens (primary N) is 1. The molecule has 0 bridgehead atoms. The van der Waals surface area contributed by atoms with Crippen LogP contribution in [0.25, 0.3) is 22.3 Å². The molecule has 9 nitrogen and oxygen atoms in total. The van der Waals surface area contributed by atoms with Gasteiger partial charge in [-0.15, -0.1) is 0 Å². The van der Waals surface area contributed by atoms with Gasteiger partial charge in [0.2, 0.25) is 10.0 Å². The Hall–Kier alpha value is -4.15. The summed E-state index contributed by atoms with van der Waals surface area (Å²) in [5.74, 6) is -1.17. The number of nitrogens with one attached hydrogen (secondary N) is 2. The third-order valence-corrected chi connectivity index (χ3v) is 5.55. The largest absolute Gasteiger partial charge is 0.270 e. The van der Waals surface area contributed by atoms with E-state index in [1.54, 1.807) is 42.6 Å². The number of nitrogens with zero attached hydrogens (tertiary/aromatic N) is 2. The first-order chi connectivity index (χ1) is 15.3. The Morgan fingerprint density at radius 2 is 1.50 bits per heavy atom. The normalized spacial score (nSPS) is 11.2. The summed E-state index contributed by atoms with van der Waals surface area (Å²) >= 11 is 0. The Balaban J connectivity index is 1.58. The van der Waals surface area contributed by atoms with E-state index >= 15 is 0 Å². The molecule has 0 unspecified atom stereocenters. The quantitative estimate of drug-likeness (QED) is 0.408. The van der Waals surface area contributed by atoms with Crippen LogP contribution in [0.5, 0.6) is 0 Å². The van der Waals surface area contributed by atoms with Crippen molar-refractivity contribution in [3.05, 3.63) is 90.1 Å². The first-order valence-electron chi connectivity index (χ1n) is 9.38. The van der Waals surface area contributed by atoms with Gasteiger partial charge in [0.15, 0.2) is 0 Å². The molecule has 0 radical (unpaired) electrons. The van der Waals surface area contributed by atoms with E-state index in [-0.39, 0.29) is 10.5 Å². The second-order valence-electron chi connectivity index (χ2n) is 6.76. The van der Waals surface area contributed by atoms with Crippen LogP contribution >= 0.6 is 0 Å². The van der Waals surface area contributed by atoms with E-state index in [0.29, 0.717) is 27.9 Å². The first-order valence-corrected chi connectivity index (χ1v) is 10.9. The topological polar surface area (TPSA) is 144 Å². The number of hydrogen-bond donors (Lipinski definition) is 3. The standard InChI is InChI=1S/C22H17N5O4S/c23-32(30,31)15-10-8-14(9-11-15)21(28)26-27-22(29)17-13-20(19-7-3-4-12-24-19)25-18-6-2-1-5-16(17)18/h1-13H,(H,26,28)(H,27,29)(H2,23,30,31). The van der Waals surface area contributed by atoms with E-state index in [0.717, 1.165) is 0 Å². The molecule has 0 aliphatic carbocycles. The number of hydrazine groups is 1. The summed E-state index contributed by atoms with van der Waals surface area (Å²) in [6.45, 7) is 0. The number of hydrogen-bond acceptors (Lipinski definition) is 6. The molecule has 2 aromatic carbocycles. The van der Waals surface area contributed by atoms with E-state index in [1.165, 1.54) is 24.3 Å². The lowest BCUT2D eigenvalue weighted by Crippen LogP contribution is -2.41. The zero-order valence-electron chi connectivity index (χ0n) is 16.5. The van der Waals surface area contributed by atoms with Crippen molar-refractivity contribution >= 4 is 32.7 Å². The summed E-state index contributed by atoms with van der Waals surface area (Å²) in [6.07, 6.45) is 1.63. The van der Waals surface area contributed by atoms with Crippen molar-refractivity contribution in [2.75, 3.05) is 0 Å². The molecule has 0 saturated carbocycles. The Kier molecular flexibility index (Phi) is 5.63. The van der Waals surface area contributed by atoms with E-state index < -0.39 is 21.8 Å². The van der Waals surface area contributed by atoms with Crippen LogP contribution in [0.4, 0.5) is 0 Å². The smallest absolute Gasteiger partial charge is 0.267 e. The molecule has 0 aliphatic rings. The van der Waals surface area contributed by atoms with Crippen LogP contribution in [-0.4, -0.2) is 30.2 Å². The molecule has 32 heavy (non-hydrogen) atoms. The summed E-state index contributed by atoms with van der Waals surface area (Å²) in [5, 5.41) is 5.66. The van der Waals surface area contributed by atoms with Crippen molar-refractivity contribution < 1.29 is 18.0 Å². The number of benzene rings is 2. The minimum Gasteiger partial charge on any atom is -0.267 e. The van der Waals surface area contributed by atoms with Crippen LogP contribution in [0.1, 0.15) is 20.7 Å². The van der Waals surface area contributed by atoms with Gasteiger partial charge in [-0.3, -0.25) is 25.4 Å². The van der Waals surface area contributed by atoms with Gasteiger partial charge in [0.05, 0.1) is 27.4 Å². The monoisotopic (exact) mass is 447 g/mol. The van der Waals surface area contributed by atoms with E-state index in [9.17, 15) is 18.0 Å². The number of carbonyl (C=O) groups is 2. The number of primary sulfonamides is 1. The van der Waals surface area contributed by atoms with Crippen LogP contribution in [0.2, 0.25) is 0 Å². The first kappa shape index (κ1) is 21.1. The van der Waals surface area contributed by atoms with Gasteiger partial charge in [-0.1, -0.05) is 24.3 Å². The van der Waals surface area contributed by atoms with Gasteiger partial charge in [-0.25, -0.2) is 18.5 Å². The maximum Gasteiger partial charge on any atom is 0.270 e. The fourth-order valence-electron chi connectivity index (χ4n) is 3.06. The zero-order valence-corrected chi connectivity index (χ0v) is 17.3. The molecule has 2 amide bonds. The third-order valence-electron chi connectivity index (χ3n) is 4.62. The molecule has 0 spiro atoms. The number of carbonyl (C=O) groups excluding carboxylic acids is 2. The van der Waals surface area contributed by atoms with Crippen LogP contribution in [0, 0.1) is 0 Å². The number of aromatic nitrogens is 2. The molecule has 0 fully saturated rings. The average Bonchev–Trinajstić information content (AvgIpc) is 2.81. The Morgan fingerprint density at radius 3 is 2.19 bits per heavy atom. The van der Waals surface area contributed by atoms with Gasteiger partial charge < -0.3 is 0 Å². The van der Waals surface area contributed by atoms with Crippen molar-refractivity contribution in [2.24, 2.45) is 5.14 Å². The zero-order chi connectivity index (χ0) is 22.7. The molecule has 10 heteroatoms. The predicted octanol–water partition coefficient (Wildman–Crippen LogP) is 2.02.